The van der Waals surface area contributed by atoms with Gasteiger partial charge in [-0.25, -0.2) is 0 Å². The van der Waals surface area contributed by atoms with Gasteiger partial charge in [0.25, 0.3) is 5.56 Å². The van der Waals surface area contributed by atoms with Gasteiger partial charge in [-0.3, -0.25) is 14.4 Å². The van der Waals surface area contributed by atoms with Crippen LogP contribution in [0.15, 0.2) is 28.0 Å². The van der Waals surface area contributed by atoms with Crippen LogP contribution in [-0.4, -0.2) is 23.0 Å². The summed E-state index contributed by atoms with van der Waals surface area (Å²) >= 11 is 6.05. The number of hydrogen-bond acceptors (Lipinski definition) is 5. The van der Waals surface area contributed by atoms with Crippen LogP contribution in [0, 0.1) is 18.3 Å². The SMILES string of the molecule is CCn1c(O)c(C=Nc2ccc(OC)c(Cl)c2)c(C)c(C#N)c1=O. The van der Waals surface area contributed by atoms with Crippen molar-refractivity contribution in [2.24, 2.45) is 4.99 Å². The van der Waals surface area contributed by atoms with E-state index in [0.29, 0.717) is 27.6 Å². The summed E-state index contributed by atoms with van der Waals surface area (Å²) in [5.74, 6) is 0.309. The first kappa shape index (κ1) is 17.6. The molecule has 0 aliphatic heterocycles. The number of ether oxygens (including phenoxy) is 1. The number of methoxy groups -OCH3 is 1. The molecule has 1 aromatic heterocycles. The minimum absolute atomic E-state index is 0.0103. The zero-order valence-electron chi connectivity index (χ0n) is 13.5. The number of aliphatic imine (C=N–C) groups is 1. The highest BCUT2D eigenvalue weighted by Gasteiger charge is 2.16. The molecule has 0 bridgehead atoms. The Bertz CT molecular complexity index is 911. The molecular weight excluding hydrogens is 330 g/mol. The molecule has 6 nitrogen and oxygen atoms in total. The molecule has 2 rings (SSSR count). The highest BCUT2D eigenvalue weighted by molar-refractivity contribution is 6.32. The molecule has 1 aromatic carbocycles. The maximum atomic E-state index is 12.1. The Morgan fingerprint density at radius 3 is 2.75 bits per heavy atom. The second-order valence-corrected chi connectivity index (χ2v) is 5.38. The topological polar surface area (TPSA) is 87.6 Å². The third kappa shape index (κ3) is 3.12. The number of aromatic nitrogens is 1. The van der Waals surface area contributed by atoms with Gasteiger partial charge in [0, 0.05) is 12.8 Å². The van der Waals surface area contributed by atoms with Gasteiger partial charge in [0.1, 0.15) is 17.4 Å². The molecule has 0 saturated carbocycles. The Hall–Kier alpha value is -2.78. The predicted octanol–water partition coefficient (Wildman–Crippen LogP) is 3.17. The van der Waals surface area contributed by atoms with E-state index in [-0.39, 0.29) is 18.0 Å². The third-order valence-electron chi connectivity index (χ3n) is 3.64. The number of aromatic hydroxyl groups is 1. The van der Waals surface area contributed by atoms with E-state index in [1.54, 1.807) is 32.0 Å². The molecule has 0 saturated heterocycles. The minimum Gasteiger partial charge on any atom is -0.495 e. The Kier molecular flexibility index (Phi) is 5.27. The monoisotopic (exact) mass is 345 g/mol. The van der Waals surface area contributed by atoms with Gasteiger partial charge in [-0.05, 0) is 37.6 Å². The van der Waals surface area contributed by atoms with Crippen LogP contribution < -0.4 is 10.3 Å². The zero-order chi connectivity index (χ0) is 17.9. The van der Waals surface area contributed by atoms with Crippen molar-refractivity contribution in [1.29, 1.82) is 5.26 Å². The van der Waals surface area contributed by atoms with Crippen molar-refractivity contribution < 1.29 is 9.84 Å². The van der Waals surface area contributed by atoms with Crippen LogP contribution in [0.5, 0.6) is 11.6 Å². The molecule has 0 radical (unpaired) electrons. The second-order valence-electron chi connectivity index (χ2n) is 4.98. The first-order valence-corrected chi connectivity index (χ1v) is 7.56. The van der Waals surface area contributed by atoms with Gasteiger partial charge < -0.3 is 9.84 Å². The van der Waals surface area contributed by atoms with Crippen LogP contribution in [0.2, 0.25) is 5.02 Å². The minimum atomic E-state index is -0.514. The van der Waals surface area contributed by atoms with Gasteiger partial charge >= 0.3 is 0 Å². The molecule has 24 heavy (non-hydrogen) atoms. The number of halogens is 1. The lowest BCUT2D eigenvalue weighted by Gasteiger charge is -2.12. The van der Waals surface area contributed by atoms with Crippen LogP contribution in [0.4, 0.5) is 5.69 Å². The molecule has 0 aliphatic rings. The summed E-state index contributed by atoms with van der Waals surface area (Å²) in [6.45, 7) is 3.55. The molecule has 0 atom stereocenters. The van der Waals surface area contributed by atoms with Crippen LogP contribution in [0.25, 0.3) is 0 Å². The van der Waals surface area contributed by atoms with Gasteiger partial charge in [0.15, 0.2) is 0 Å². The Balaban J connectivity index is 2.56. The van der Waals surface area contributed by atoms with Crippen molar-refractivity contribution >= 4 is 23.5 Å². The first-order valence-electron chi connectivity index (χ1n) is 7.18. The number of nitriles is 1. The third-order valence-corrected chi connectivity index (χ3v) is 3.94. The maximum Gasteiger partial charge on any atom is 0.271 e. The zero-order valence-corrected chi connectivity index (χ0v) is 14.3. The van der Waals surface area contributed by atoms with Crippen molar-refractivity contribution in [2.45, 2.75) is 20.4 Å². The van der Waals surface area contributed by atoms with E-state index in [4.69, 9.17) is 16.3 Å². The number of hydrogen-bond donors (Lipinski definition) is 1. The summed E-state index contributed by atoms with van der Waals surface area (Å²) in [7, 11) is 1.52. The van der Waals surface area contributed by atoms with Gasteiger partial charge in [-0.15, -0.1) is 0 Å². The standard InChI is InChI=1S/C17H16ClN3O3/c1-4-21-16(22)12(8-19)10(2)13(17(21)23)9-20-11-5-6-15(24-3)14(18)7-11/h5-7,9,23H,4H2,1-3H3. The predicted molar refractivity (Wildman–Crippen MR) is 92.8 cm³/mol. The van der Waals surface area contributed by atoms with E-state index in [9.17, 15) is 15.2 Å². The number of benzene rings is 1. The summed E-state index contributed by atoms with van der Waals surface area (Å²) in [5.41, 5.74) is 0.726. The first-order chi connectivity index (χ1) is 11.4. The van der Waals surface area contributed by atoms with Crippen molar-refractivity contribution in [3.8, 4) is 17.7 Å². The van der Waals surface area contributed by atoms with Crippen LogP contribution in [0.3, 0.4) is 0 Å². The van der Waals surface area contributed by atoms with Gasteiger partial charge in [-0.1, -0.05) is 11.6 Å². The van der Waals surface area contributed by atoms with E-state index >= 15 is 0 Å². The largest absolute Gasteiger partial charge is 0.495 e. The normalized spacial score (nSPS) is 10.8. The quantitative estimate of drug-likeness (QED) is 0.862. The Morgan fingerprint density at radius 2 is 2.21 bits per heavy atom. The average Bonchev–Trinajstić information content (AvgIpc) is 2.55. The van der Waals surface area contributed by atoms with Crippen molar-refractivity contribution in [1.82, 2.24) is 4.57 Å². The molecular formula is C17H16ClN3O3. The highest BCUT2D eigenvalue weighted by Crippen LogP contribution is 2.29. The molecule has 0 aliphatic carbocycles. The average molecular weight is 346 g/mol. The summed E-state index contributed by atoms with van der Waals surface area (Å²) in [6.07, 6.45) is 1.41. The molecule has 0 unspecified atom stereocenters. The molecule has 0 fully saturated rings. The molecule has 2 aromatic rings. The van der Waals surface area contributed by atoms with E-state index in [1.807, 2.05) is 6.07 Å². The summed E-state index contributed by atoms with van der Waals surface area (Å²) in [4.78, 5) is 16.4. The maximum absolute atomic E-state index is 12.1. The van der Waals surface area contributed by atoms with Crippen molar-refractivity contribution in [2.75, 3.05) is 7.11 Å². The van der Waals surface area contributed by atoms with E-state index in [2.05, 4.69) is 4.99 Å². The van der Waals surface area contributed by atoms with Gasteiger partial charge in [0.2, 0.25) is 5.88 Å². The lowest BCUT2D eigenvalue weighted by Crippen LogP contribution is -2.24. The van der Waals surface area contributed by atoms with E-state index < -0.39 is 5.56 Å². The lowest BCUT2D eigenvalue weighted by atomic mass is 10.1. The highest BCUT2D eigenvalue weighted by atomic mass is 35.5. The van der Waals surface area contributed by atoms with E-state index in [0.717, 1.165) is 4.57 Å². The Morgan fingerprint density at radius 1 is 1.50 bits per heavy atom. The number of pyridine rings is 1. The molecule has 0 amide bonds. The molecule has 1 heterocycles. The van der Waals surface area contributed by atoms with E-state index in [1.165, 1.54) is 13.3 Å². The molecule has 124 valence electrons. The summed E-state index contributed by atoms with van der Waals surface area (Å²) in [5, 5.41) is 19.9. The lowest BCUT2D eigenvalue weighted by molar-refractivity contribution is 0.409. The van der Waals surface area contributed by atoms with Gasteiger partial charge in [-0.2, -0.15) is 5.26 Å². The van der Waals surface area contributed by atoms with Crippen molar-refractivity contribution in [3.05, 3.63) is 50.3 Å². The fraction of sp³-hybridized carbons (Fsp3) is 0.235. The Labute approximate surface area is 144 Å². The molecule has 1 N–H and O–H groups in total. The fourth-order valence-electron chi connectivity index (χ4n) is 2.29. The van der Waals surface area contributed by atoms with Gasteiger partial charge in [0.05, 0.1) is 23.4 Å². The van der Waals surface area contributed by atoms with Crippen LogP contribution in [-0.2, 0) is 6.54 Å². The number of nitrogens with zero attached hydrogens (tertiary/aromatic N) is 3. The molecule has 7 heteroatoms. The molecule has 0 spiro atoms. The fourth-order valence-corrected chi connectivity index (χ4v) is 2.55. The smallest absolute Gasteiger partial charge is 0.271 e. The summed E-state index contributed by atoms with van der Waals surface area (Å²) < 4.78 is 6.21. The van der Waals surface area contributed by atoms with Crippen LogP contribution >= 0.6 is 11.6 Å². The summed E-state index contributed by atoms with van der Waals surface area (Å²) in [6, 6.07) is 6.88. The van der Waals surface area contributed by atoms with Crippen molar-refractivity contribution in [3.63, 3.8) is 0 Å². The number of rotatable bonds is 4. The van der Waals surface area contributed by atoms with Crippen LogP contribution in [0.1, 0.15) is 23.6 Å². The second kappa shape index (κ2) is 7.20.